The first-order valence-corrected chi connectivity index (χ1v) is 6.47. The number of rotatable bonds is 8. The molecule has 0 bridgehead atoms. The van der Waals surface area contributed by atoms with Crippen molar-refractivity contribution >= 4 is 22.0 Å². The zero-order valence-corrected chi connectivity index (χ0v) is 10.2. The van der Waals surface area contributed by atoms with Gasteiger partial charge in [0.2, 0.25) is 10.0 Å². The van der Waals surface area contributed by atoms with Crippen molar-refractivity contribution in [3.05, 3.63) is 12.7 Å². The Morgan fingerprint density at radius 3 is 2.53 bits per heavy atom. The van der Waals surface area contributed by atoms with Gasteiger partial charge in [-0.3, -0.25) is 9.59 Å². The zero-order valence-electron chi connectivity index (χ0n) is 9.38. The van der Waals surface area contributed by atoms with Gasteiger partial charge in [0.05, 0.1) is 6.61 Å². The number of hydrogen-bond donors (Lipinski definition) is 2. The Hall–Kier alpha value is -1.41. The predicted octanol–water partition coefficient (Wildman–Crippen LogP) is -0.502. The number of hydrogen-bond acceptors (Lipinski definition) is 5. The van der Waals surface area contributed by atoms with Crippen LogP contribution in [0.25, 0.3) is 0 Å². The number of sulfonamides is 1. The maximum absolute atomic E-state index is 11.4. The van der Waals surface area contributed by atoms with Gasteiger partial charge in [-0.15, -0.1) is 6.58 Å². The Labute approximate surface area is 99.5 Å². The summed E-state index contributed by atoms with van der Waals surface area (Å²) in [4.78, 5) is 21.6. The molecule has 0 saturated heterocycles. The van der Waals surface area contributed by atoms with Crippen LogP contribution in [0.15, 0.2) is 12.7 Å². The van der Waals surface area contributed by atoms with E-state index in [9.17, 15) is 18.0 Å². The monoisotopic (exact) mass is 265 g/mol. The fraction of sp³-hybridized carbons (Fsp3) is 0.556. The van der Waals surface area contributed by atoms with Gasteiger partial charge < -0.3 is 9.84 Å². The van der Waals surface area contributed by atoms with E-state index in [0.717, 1.165) is 0 Å². The Bertz CT molecular complexity index is 388. The second kappa shape index (κ2) is 7.02. The summed E-state index contributed by atoms with van der Waals surface area (Å²) in [6.45, 7) is 4.91. The third-order valence-electron chi connectivity index (χ3n) is 1.64. The molecule has 0 aliphatic rings. The molecular weight excluding hydrogens is 250 g/mol. The van der Waals surface area contributed by atoms with E-state index in [0.29, 0.717) is 0 Å². The van der Waals surface area contributed by atoms with Crippen LogP contribution in [-0.4, -0.2) is 43.9 Å². The van der Waals surface area contributed by atoms with Crippen LogP contribution in [0.3, 0.4) is 0 Å². The lowest BCUT2D eigenvalue weighted by Gasteiger charge is -2.12. The van der Waals surface area contributed by atoms with E-state index in [4.69, 9.17) is 5.11 Å². The van der Waals surface area contributed by atoms with Crippen molar-refractivity contribution in [1.29, 1.82) is 0 Å². The fourth-order valence-electron chi connectivity index (χ4n) is 0.982. The van der Waals surface area contributed by atoms with Crippen molar-refractivity contribution in [2.75, 3.05) is 12.4 Å². The molecule has 98 valence electrons. The lowest BCUT2D eigenvalue weighted by atomic mass is 10.2. The van der Waals surface area contributed by atoms with E-state index in [-0.39, 0.29) is 13.0 Å². The number of carboxylic acid groups (broad SMARTS) is 1. The Balaban J connectivity index is 4.56. The molecule has 0 aliphatic carbocycles. The highest BCUT2D eigenvalue weighted by Crippen LogP contribution is 1.98. The van der Waals surface area contributed by atoms with Crippen molar-refractivity contribution in [3.63, 3.8) is 0 Å². The van der Waals surface area contributed by atoms with Crippen LogP contribution < -0.4 is 4.72 Å². The number of esters is 1. The minimum absolute atomic E-state index is 0.0589. The molecule has 0 radical (unpaired) electrons. The molecule has 8 heteroatoms. The van der Waals surface area contributed by atoms with Gasteiger partial charge in [-0.2, -0.15) is 0 Å². The predicted molar refractivity (Wildman–Crippen MR) is 59.8 cm³/mol. The molecule has 0 heterocycles. The number of nitrogens with one attached hydrogen (secondary N) is 1. The smallest absolute Gasteiger partial charge is 0.322 e. The first-order chi connectivity index (χ1) is 7.82. The van der Waals surface area contributed by atoms with E-state index in [1.54, 1.807) is 0 Å². The van der Waals surface area contributed by atoms with Gasteiger partial charge in [-0.1, -0.05) is 6.08 Å². The SMILES string of the molecule is C=CCC(NS(=O)(=O)CC(=O)OCC)C(=O)O. The average molecular weight is 265 g/mol. The van der Waals surface area contributed by atoms with Crippen LogP contribution in [0.4, 0.5) is 0 Å². The van der Waals surface area contributed by atoms with E-state index in [1.165, 1.54) is 13.0 Å². The maximum atomic E-state index is 11.4. The molecule has 1 atom stereocenters. The minimum atomic E-state index is -4.02. The first-order valence-electron chi connectivity index (χ1n) is 4.81. The zero-order chi connectivity index (χ0) is 13.5. The molecule has 0 rings (SSSR count). The molecule has 1 unspecified atom stereocenters. The van der Waals surface area contributed by atoms with Crippen LogP contribution in [-0.2, 0) is 24.3 Å². The van der Waals surface area contributed by atoms with Crippen LogP contribution >= 0.6 is 0 Å². The first kappa shape index (κ1) is 15.6. The summed E-state index contributed by atoms with van der Waals surface area (Å²) < 4.78 is 29.1. The summed E-state index contributed by atoms with van der Waals surface area (Å²) >= 11 is 0. The quantitative estimate of drug-likeness (QED) is 0.452. The van der Waals surface area contributed by atoms with Gasteiger partial charge in [0, 0.05) is 0 Å². The molecule has 2 N–H and O–H groups in total. The fourth-order valence-corrected chi connectivity index (χ4v) is 2.09. The molecule has 0 amide bonds. The topological polar surface area (TPSA) is 110 Å². The molecule has 7 nitrogen and oxygen atoms in total. The molecule has 0 aromatic rings. The average Bonchev–Trinajstić information content (AvgIpc) is 2.15. The molecule has 17 heavy (non-hydrogen) atoms. The van der Waals surface area contributed by atoms with Crippen molar-refractivity contribution < 1.29 is 27.9 Å². The Morgan fingerprint density at radius 2 is 2.12 bits per heavy atom. The maximum Gasteiger partial charge on any atom is 0.322 e. The second-order valence-corrected chi connectivity index (χ2v) is 4.85. The number of ether oxygens (including phenoxy) is 1. The van der Waals surface area contributed by atoms with Crippen molar-refractivity contribution in [2.45, 2.75) is 19.4 Å². The second-order valence-electron chi connectivity index (χ2n) is 3.10. The van der Waals surface area contributed by atoms with Crippen LogP contribution in [0.2, 0.25) is 0 Å². The normalized spacial score (nSPS) is 12.8. The van der Waals surface area contributed by atoms with E-state index >= 15 is 0 Å². The molecule has 0 aliphatic heterocycles. The molecule has 0 fully saturated rings. The molecule has 0 saturated carbocycles. The Kier molecular flexibility index (Phi) is 6.44. The lowest BCUT2D eigenvalue weighted by molar-refractivity contribution is -0.140. The largest absolute Gasteiger partial charge is 0.480 e. The Morgan fingerprint density at radius 1 is 1.53 bits per heavy atom. The van der Waals surface area contributed by atoms with E-state index in [1.807, 2.05) is 4.72 Å². The summed E-state index contributed by atoms with van der Waals surface area (Å²) in [5, 5.41) is 8.71. The van der Waals surface area contributed by atoms with Crippen LogP contribution in [0, 0.1) is 0 Å². The highest BCUT2D eigenvalue weighted by atomic mass is 32.2. The van der Waals surface area contributed by atoms with Gasteiger partial charge in [-0.05, 0) is 13.3 Å². The minimum Gasteiger partial charge on any atom is -0.480 e. The third kappa shape index (κ3) is 6.69. The number of carboxylic acids is 1. The van der Waals surface area contributed by atoms with Gasteiger partial charge in [-0.25, -0.2) is 13.1 Å². The summed E-state index contributed by atoms with van der Waals surface area (Å²) in [6, 6.07) is -1.33. The summed E-state index contributed by atoms with van der Waals surface area (Å²) in [5.74, 6) is -3.16. The van der Waals surface area contributed by atoms with Gasteiger partial charge >= 0.3 is 11.9 Å². The van der Waals surface area contributed by atoms with Gasteiger partial charge in [0.1, 0.15) is 6.04 Å². The summed E-state index contributed by atoms with van der Waals surface area (Å²) in [7, 11) is -4.02. The highest BCUT2D eigenvalue weighted by molar-refractivity contribution is 7.90. The molecular formula is C9H15NO6S. The standard InChI is InChI=1S/C9H15NO6S/c1-3-5-7(9(12)13)10-17(14,15)6-8(11)16-4-2/h3,7,10H,1,4-6H2,2H3,(H,12,13). The summed E-state index contributed by atoms with van der Waals surface area (Å²) in [6.07, 6.45) is 1.20. The van der Waals surface area contributed by atoms with Gasteiger partial charge in [0.15, 0.2) is 5.75 Å². The van der Waals surface area contributed by atoms with E-state index in [2.05, 4.69) is 11.3 Å². The number of carbonyl (C=O) groups excluding carboxylic acids is 1. The molecule has 0 aromatic carbocycles. The van der Waals surface area contributed by atoms with Crippen LogP contribution in [0.5, 0.6) is 0 Å². The van der Waals surface area contributed by atoms with Crippen molar-refractivity contribution in [3.8, 4) is 0 Å². The molecule has 0 aromatic heterocycles. The molecule has 0 spiro atoms. The lowest BCUT2D eigenvalue weighted by Crippen LogP contribution is -2.42. The van der Waals surface area contributed by atoms with Crippen LogP contribution in [0.1, 0.15) is 13.3 Å². The van der Waals surface area contributed by atoms with E-state index < -0.39 is 33.8 Å². The highest BCUT2D eigenvalue weighted by Gasteiger charge is 2.25. The summed E-state index contributed by atoms with van der Waals surface area (Å²) in [5.41, 5.74) is 0. The van der Waals surface area contributed by atoms with Crippen molar-refractivity contribution in [2.24, 2.45) is 0 Å². The number of aliphatic carboxylic acids is 1. The third-order valence-corrected chi connectivity index (χ3v) is 2.89. The van der Waals surface area contributed by atoms with Crippen molar-refractivity contribution in [1.82, 2.24) is 4.72 Å². The number of carbonyl (C=O) groups is 2. The van der Waals surface area contributed by atoms with Gasteiger partial charge in [0.25, 0.3) is 0 Å².